The molecule has 4 nitrogen and oxygen atoms in total. The molecule has 2 aromatic heterocycles. The van der Waals surface area contributed by atoms with Crippen molar-refractivity contribution in [3.63, 3.8) is 0 Å². The number of aldehydes is 1. The average Bonchev–Trinajstić information content (AvgIpc) is 2.47. The average molecular weight is 175 g/mol. The minimum absolute atomic E-state index is 0.440. The molecule has 0 bridgehead atoms. The molecule has 2 aromatic rings. The maximum Gasteiger partial charge on any atom is 0.170 e. The quantitative estimate of drug-likeness (QED) is 0.611. The number of carbonyl (C=O) groups excluding carboxylic acids is 1. The molecular formula is C9H9N3O. The lowest BCUT2D eigenvalue weighted by Crippen LogP contribution is -1.95. The molecule has 13 heavy (non-hydrogen) atoms. The van der Waals surface area contributed by atoms with Crippen molar-refractivity contribution >= 4 is 11.8 Å². The highest BCUT2D eigenvalue weighted by atomic mass is 16.1. The van der Waals surface area contributed by atoms with E-state index in [-0.39, 0.29) is 0 Å². The highest BCUT2D eigenvalue weighted by Crippen LogP contribution is 2.09. The van der Waals surface area contributed by atoms with Gasteiger partial charge in [-0.05, 0) is 19.9 Å². The van der Waals surface area contributed by atoms with Gasteiger partial charge in [0.15, 0.2) is 6.29 Å². The number of carbonyl (C=O) groups is 1. The standard InChI is InChI=1S/C9H9N3O/c1-6-4-12-9(7(2)10-6)3-8(5-13)11-12/h3-5H,1-2H3. The second kappa shape index (κ2) is 2.65. The first-order chi connectivity index (χ1) is 6.20. The van der Waals surface area contributed by atoms with Crippen molar-refractivity contribution in [1.82, 2.24) is 14.6 Å². The summed E-state index contributed by atoms with van der Waals surface area (Å²) in [5, 5.41) is 4.06. The molecule has 0 amide bonds. The van der Waals surface area contributed by atoms with Gasteiger partial charge < -0.3 is 0 Å². The molecule has 0 aromatic carbocycles. The molecule has 2 rings (SSSR count). The molecule has 0 aliphatic rings. The SMILES string of the molecule is Cc1cn2nc(C=O)cc2c(C)n1. The summed E-state index contributed by atoms with van der Waals surface area (Å²) in [7, 11) is 0. The van der Waals surface area contributed by atoms with Crippen molar-refractivity contribution in [1.29, 1.82) is 0 Å². The molecule has 0 fully saturated rings. The van der Waals surface area contributed by atoms with Crippen LogP contribution in [-0.4, -0.2) is 20.9 Å². The fourth-order valence-corrected chi connectivity index (χ4v) is 1.37. The first-order valence-electron chi connectivity index (χ1n) is 3.99. The predicted molar refractivity (Wildman–Crippen MR) is 47.8 cm³/mol. The summed E-state index contributed by atoms with van der Waals surface area (Å²) < 4.78 is 1.68. The highest BCUT2D eigenvalue weighted by Gasteiger charge is 2.04. The number of hydrogen-bond donors (Lipinski definition) is 0. The molecule has 0 aliphatic heterocycles. The lowest BCUT2D eigenvalue weighted by Gasteiger charge is -1.98. The monoisotopic (exact) mass is 175 g/mol. The molecule has 0 spiro atoms. The summed E-state index contributed by atoms with van der Waals surface area (Å²) in [5.41, 5.74) is 3.11. The summed E-state index contributed by atoms with van der Waals surface area (Å²) in [6.45, 7) is 3.80. The van der Waals surface area contributed by atoms with E-state index in [0.717, 1.165) is 23.2 Å². The second-order valence-electron chi connectivity index (χ2n) is 2.98. The van der Waals surface area contributed by atoms with E-state index in [1.807, 2.05) is 13.8 Å². The lowest BCUT2D eigenvalue weighted by molar-refractivity contribution is 0.111. The smallest absolute Gasteiger partial charge is 0.170 e. The van der Waals surface area contributed by atoms with Crippen molar-refractivity contribution < 1.29 is 4.79 Å². The van der Waals surface area contributed by atoms with Crippen LogP contribution in [0.25, 0.3) is 5.52 Å². The normalized spacial score (nSPS) is 10.6. The number of rotatable bonds is 1. The van der Waals surface area contributed by atoms with E-state index in [4.69, 9.17) is 0 Å². The number of aromatic nitrogens is 3. The van der Waals surface area contributed by atoms with Crippen molar-refractivity contribution in [3.8, 4) is 0 Å². The molecule has 0 aliphatic carbocycles. The third-order valence-electron chi connectivity index (χ3n) is 1.90. The van der Waals surface area contributed by atoms with E-state index in [0.29, 0.717) is 5.69 Å². The largest absolute Gasteiger partial charge is 0.296 e. The van der Waals surface area contributed by atoms with Gasteiger partial charge in [0.2, 0.25) is 0 Å². The van der Waals surface area contributed by atoms with Crippen LogP contribution in [0.3, 0.4) is 0 Å². The number of nitrogens with zero attached hydrogens (tertiary/aromatic N) is 3. The van der Waals surface area contributed by atoms with Crippen LogP contribution >= 0.6 is 0 Å². The maximum absolute atomic E-state index is 10.5. The zero-order valence-electron chi connectivity index (χ0n) is 7.48. The molecule has 66 valence electrons. The molecule has 0 saturated carbocycles. The van der Waals surface area contributed by atoms with E-state index in [9.17, 15) is 4.79 Å². The van der Waals surface area contributed by atoms with Gasteiger partial charge in [0.05, 0.1) is 23.1 Å². The van der Waals surface area contributed by atoms with E-state index in [2.05, 4.69) is 10.1 Å². The van der Waals surface area contributed by atoms with Crippen LogP contribution in [0.15, 0.2) is 12.3 Å². The number of aryl methyl sites for hydroxylation is 2. The second-order valence-corrected chi connectivity index (χ2v) is 2.98. The Hall–Kier alpha value is -1.71. The van der Waals surface area contributed by atoms with Crippen molar-refractivity contribution in [2.75, 3.05) is 0 Å². The lowest BCUT2D eigenvalue weighted by atomic mass is 10.3. The van der Waals surface area contributed by atoms with E-state index in [1.165, 1.54) is 0 Å². The van der Waals surface area contributed by atoms with Crippen LogP contribution in [-0.2, 0) is 0 Å². The molecule has 0 atom stereocenters. The zero-order chi connectivity index (χ0) is 9.42. The topological polar surface area (TPSA) is 47.3 Å². The molecule has 0 saturated heterocycles. The Morgan fingerprint density at radius 1 is 1.46 bits per heavy atom. The first-order valence-corrected chi connectivity index (χ1v) is 3.99. The Labute approximate surface area is 75.2 Å². The Kier molecular flexibility index (Phi) is 1.62. The van der Waals surface area contributed by atoms with Gasteiger partial charge in [0.25, 0.3) is 0 Å². The summed E-state index contributed by atoms with van der Waals surface area (Å²) in [6, 6.07) is 1.73. The minimum atomic E-state index is 0.440. The molecular weight excluding hydrogens is 166 g/mol. The van der Waals surface area contributed by atoms with Gasteiger partial charge in [0, 0.05) is 0 Å². The maximum atomic E-state index is 10.5. The Balaban J connectivity index is 2.82. The van der Waals surface area contributed by atoms with Crippen molar-refractivity contribution in [3.05, 3.63) is 29.3 Å². The van der Waals surface area contributed by atoms with Crippen LogP contribution in [0.2, 0.25) is 0 Å². The van der Waals surface area contributed by atoms with E-state index < -0.39 is 0 Å². The number of hydrogen-bond acceptors (Lipinski definition) is 3. The third kappa shape index (κ3) is 1.20. The van der Waals surface area contributed by atoms with E-state index >= 15 is 0 Å². The molecule has 0 radical (unpaired) electrons. The van der Waals surface area contributed by atoms with Gasteiger partial charge in [-0.2, -0.15) is 5.10 Å². The Morgan fingerprint density at radius 3 is 2.92 bits per heavy atom. The molecule has 4 heteroatoms. The third-order valence-corrected chi connectivity index (χ3v) is 1.90. The minimum Gasteiger partial charge on any atom is -0.296 e. The fraction of sp³-hybridized carbons (Fsp3) is 0.222. The Bertz CT molecular complexity index is 473. The molecule has 2 heterocycles. The van der Waals surface area contributed by atoms with Crippen LogP contribution < -0.4 is 0 Å². The van der Waals surface area contributed by atoms with Gasteiger partial charge in [-0.1, -0.05) is 0 Å². The fourth-order valence-electron chi connectivity index (χ4n) is 1.37. The van der Waals surface area contributed by atoms with Gasteiger partial charge in [-0.3, -0.25) is 9.78 Å². The van der Waals surface area contributed by atoms with Crippen LogP contribution in [0.5, 0.6) is 0 Å². The highest BCUT2D eigenvalue weighted by molar-refractivity contribution is 5.75. The molecule has 0 N–H and O–H groups in total. The number of fused-ring (bicyclic) bond motifs is 1. The predicted octanol–water partition coefficient (Wildman–Crippen LogP) is 1.16. The van der Waals surface area contributed by atoms with E-state index in [1.54, 1.807) is 16.8 Å². The van der Waals surface area contributed by atoms with Crippen LogP contribution in [0.4, 0.5) is 0 Å². The van der Waals surface area contributed by atoms with Gasteiger partial charge in [-0.25, -0.2) is 4.52 Å². The van der Waals surface area contributed by atoms with Gasteiger partial charge in [0.1, 0.15) is 5.69 Å². The summed E-state index contributed by atoms with van der Waals surface area (Å²) in [4.78, 5) is 14.7. The summed E-state index contributed by atoms with van der Waals surface area (Å²) >= 11 is 0. The van der Waals surface area contributed by atoms with Crippen molar-refractivity contribution in [2.24, 2.45) is 0 Å². The zero-order valence-corrected chi connectivity index (χ0v) is 7.48. The van der Waals surface area contributed by atoms with Crippen LogP contribution in [0, 0.1) is 13.8 Å². The first kappa shape index (κ1) is 7.91. The molecule has 0 unspecified atom stereocenters. The summed E-state index contributed by atoms with van der Waals surface area (Å²) in [5.74, 6) is 0. The Morgan fingerprint density at radius 2 is 2.23 bits per heavy atom. The van der Waals surface area contributed by atoms with Crippen molar-refractivity contribution in [2.45, 2.75) is 13.8 Å². The van der Waals surface area contributed by atoms with Gasteiger partial charge >= 0.3 is 0 Å². The van der Waals surface area contributed by atoms with Gasteiger partial charge in [-0.15, -0.1) is 0 Å². The van der Waals surface area contributed by atoms with Crippen LogP contribution in [0.1, 0.15) is 21.9 Å². The summed E-state index contributed by atoms with van der Waals surface area (Å²) in [6.07, 6.45) is 2.54.